The van der Waals surface area contributed by atoms with Crippen LogP contribution in [0, 0.1) is 5.92 Å². The molecular formula is C20H31N3O3. The Balaban J connectivity index is 1.66. The average Bonchev–Trinajstić information content (AvgIpc) is 2.63. The van der Waals surface area contributed by atoms with Gasteiger partial charge in [0.15, 0.2) is 0 Å². The predicted molar refractivity (Wildman–Crippen MR) is 101 cm³/mol. The predicted octanol–water partition coefficient (Wildman–Crippen LogP) is 1.25. The molecule has 1 amide bonds. The second-order valence-electron chi connectivity index (χ2n) is 7.21. The Labute approximate surface area is 155 Å². The number of carbonyl (C=O) groups is 2. The molecule has 0 bridgehead atoms. The summed E-state index contributed by atoms with van der Waals surface area (Å²) in [5, 5.41) is 0. The van der Waals surface area contributed by atoms with Gasteiger partial charge in [-0.2, -0.15) is 0 Å². The number of likely N-dealkylation sites (tertiary alicyclic amines) is 1. The van der Waals surface area contributed by atoms with Crippen LogP contribution in [0.25, 0.3) is 0 Å². The van der Waals surface area contributed by atoms with E-state index in [4.69, 9.17) is 16.2 Å². The van der Waals surface area contributed by atoms with Gasteiger partial charge >= 0.3 is 0 Å². The van der Waals surface area contributed by atoms with Crippen LogP contribution in [-0.4, -0.2) is 49.4 Å². The van der Waals surface area contributed by atoms with Crippen molar-refractivity contribution in [3.63, 3.8) is 0 Å². The summed E-state index contributed by atoms with van der Waals surface area (Å²) < 4.78 is 5.63. The van der Waals surface area contributed by atoms with E-state index in [1.165, 1.54) is 5.56 Å². The fraction of sp³-hybridized carbons (Fsp3) is 0.600. The third kappa shape index (κ3) is 7.64. The molecule has 1 aliphatic rings. The molecule has 0 saturated carbocycles. The maximum Gasteiger partial charge on any atom is 0.217 e. The molecule has 6 nitrogen and oxygen atoms in total. The maximum atomic E-state index is 10.7. The van der Waals surface area contributed by atoms with Gasteiger partial charge in [0.1, 0.15) is 6.29 Å². The highest BCUT2D eigenvalue weighted by Gasteiger charge is 2.18. The van der Waals surface area contributed by atoms with Gasteiger partial charge in [-0.1, -0.05) is 24.3 Å². The first-order valence-corrected chi connectivity index (χ1v) is 9.42. The van der Waals surface area contributed by atoms with E-state index in [0.717, 1.165) is 44.2 Å². The monoisotopic (exact) mass is 361 g/mol. The molecule has 1 aliphatic heterocycles. The molecule has 1 fully saturated rings. The van der Waals surface area contributed by atoms with E-state index in [-0.39, 0.29) is 11.9 Å². The van der Waals surface area contributed by atoms with Crippen molar-refractivity contribution in [2.75, 3.05) is 26.2 Å². The Morgan fingerprint density at radius 3 is 2.50 bits per heavy atom. The van der Waals surface area contributed by atoms with Gasteiger partial charge in [0.2, 0.25) is 5.91 Å². The third-order valence-corrected chi connectivity index (χ3v) is 4.95. The summed E-state index contributed by atoms with van der Waals surface area (Å²) in [5.41, 5.74) is 13.5. The number of hydrogen-bond donors (Lipinski definition) is 2. The summed E-state index contributed by atoms with van der Waals surface area (Å²) in [5.74, 6) is 0.369. The largest absolute Gasteiger partial charge is 0.375 e. The van der Waals surface area contributed by atoms with Gasteiger partial charge < -0.3 is 21.0 Å². The summed E-state index contributed by atoms with van der Waals surface area (Å²) in [7, 11) is 0. The SMILES string of the molecule is NC(=O)CCC(N)COCc1ccc(CC2CCN(CC=O)CC2)cc1. The zero-order valence-electron chi connectivity index (χ0n) is 15.4. The van der Waals surface area contributed by atoms with Crippen molar-refractivity contribution in [2.45, 2.75) is 44.8 Å². The molecule has 144 valence electrons. The van der Waals surface area contributed by atoms with E-state index in [2.05, 4.69) is 29.2 Å². The lowest BCUT2D eigenvalue weighted by Gasteiger charge is -2.30. The van der Waals surface area contributed by atoms with E-state index < -0.39 is 0 Å². The topological polar surface area (TPSA) is 98.7 Å². The molecule has 0 aliphatic carbocycles. The van der Waals surface area contributed by atoms with Crippen LogP contribution in [0.5, 0.6) is 0 Å². The molecule has 0 aromatic heterocycles. The number of nitrogens with two attached hydrogens (primary N) is 2. The zero-order chi connectivity index (χ0) is 18.8. The van der Waals surface area contributed by atoms with Crippen molar-refractivity contribution in [3.8, 4) is 0 Å². The normalized spacial score (nSPS) is 17.1. The van der Waals surface area contributed by atoms with E-state index in [1.807, 2.05) is 0 Å². The van der Waals surface area contributed by atoms with Gasteiger partial charge in [0.05, 0.1) is 19.8 Å². The standard InChI is InChI=1S/C20H31N3O3/c21-19(5-6-20(22)25)15-26-14-18-3-1-16(2-4-18)13-17-7-9-23(10-8-17)11-12-24/h1-4,12,17,19H,5-11,13-15,21H2,(H2,22,25). The second-order valence-corrected chi connectivity index (χ2v) is 7.21. The molecular weight excluding hydrogens is 330 g/mol. The lowest BCUT2D eigenvalue weighted by atomic mass is 9.90. The first kappa shape index (κ1) is 20.6. The maximum absolute atomic E-state index is 10.7. The Hall–Kier alpha value is -1.76. The van der Waals surface area contributed by atoms with Crippen LogP contribution < -0.4 is 11.5 Å². The smallest absolute Gasteiger partial charge is 0.217 e. The van der Waals surface area contributed by atoms with Crippen molar-refractivity contribution >= 4 is 12.2 Å². The van der Waals surface area contributed by atoms with Gasteiger partial charge in [0.25, 0.3) is 0 Å². The second kappa shape index (κ2) is 11.1. The fourth-order valence-electron chi connectivity index (χ4n) is 3.32. The average molecular weight is 361 g/mol. The van der Waals surface area contributed by atoms with Gasteiger partial charge in [-0.05, 0) is 55.8 Å². The molecule has 1 aromatic rings. The number of nitrogens with zero attached hydrogens (tertiary/aromatic N) is 1. The zero-order valence-corrected chi connectivity index (χ0v) is 15.4. The number of piperidine rings is 1. The Morgan fingerprint density at radius 2 is 1.88 bits per heavy atom. The summed E-state index contributed by atoms with van der Waals surface area (Å²) in [6.07, 6.45) is 5.25. The van der Waals surface area contributed by atoms with Crippen LogP contribution in [0.3, 0.4) is 0 Å². The van der Waals surface area contributed by atoms with Crippen LogP contribution in [0.1, 0.15) is 36.8 Å². The molecule has 2 rings (SSSR count). The fourth-order valence-corrected chi connectivity index (χ4v) is 3.32. The van der Waals surface area contributed by atoms with E-state index >= 15 is 0 Å². The minimum absolute atomic E-state index is 0.160. The first-order valence-electron chi connectivity index (χ1n) is 9.42. The van der Waals surface area contributed by atoms with Crippen molar-refractivity contribution in [1.82, 2.24) is 4.90 Å². The molecule has 26 heavy (non-hydrogen) atoms. The lowest BCUT2D eigenvalue weighted by Crippen LogP contribution is -2.35. The Morgan fingerprint density at radius 1 is 1.23 bits per heavy atom. The highest BCUT2D eigenvalue weighted by molar-refractivity contribution is 5.73. The van der Waals surface area contributed by atoms with Crippen molar-refractivity contribution < 1.29 is 14.3 Å². The highest BCUT2D eigenvalue weighted by atomic mass is 16.5. The van der Waals surface area contributed by atoms with E-state index in [1.54, 1.807) is 0 Å². The van der Waals surface area contributed by atoms with Gasteiger partial charge in [-0.25, -0.2) is 0 Å². The molecule has 1 heterocycles. The van der Waals surface area contributed by atoms with Gasteiger partial charge in [0, 0.05) is 12.5 Å². The summed E-state index contributed by atoms with van der Waals surface area (Å²) in [4.78, 5) is 23.5. The van der Waals surface area contributed by atoms with Crippen molar-refractivity contribution in [2.24, 2.45) is 17.4 Å². The number of carbonyl (C=O) groups excluding carboxylic acids is 2. The molecule has 6 heteroatoms. The number of hydrogen-bond acceptors (Lipinski definition) is 5. The minimum Gasteiger partial charge on any atom is -0.375 e. The van der Waals surface area contributed by atoms with Crippen LogP contribution >= 0.6 is 0 Å². The molecule has 4 N–H and O–H groups in total. The van der Waals surface area contributed by atoms with Crippen LogP contribution in [0.15, 0.2) is 24.3 Å². The van der Waals surface area contributed by atoms with Crippen LogP contribution in [-0.2, 0) is 27.4 Å². The molecule has 1 saturated heterocycles. The number of primary amides is 1. The van der Waals surface area contributed by atoms with Crippen molar-refractivity contribution in [3.05, 3.63) is 35.4 Å². The molecule has 0 spiro atoms. The highest BCUT2D eigenvalue weighted by Crippen LogP contribution is 2.21. The summed E-state index contributed by atoms with van der Waals surface area (Å²) in [6, 6.07) is 8.39. The molecule has 1 unspecified atom stereocenters. The first-order chi connectivity index (χ1) is 12.6. The quantitative estimate of drug-likeness (QED) is 0.578. The van der Waals surface area contributed by atoms with Gasteiger partial charge in [-0.3, -0.25) is 9.69 Å². The van der Waals surface area contributed by atoms with Crippen molar-refractivity contribution in [1.29, 1.82) is 0 Å². The number of rotatable bonds is 11. The van der Waals surface area contributed by atoms with E-state index in [0.29, 0.717) is 38.5 Å². The van der Waals surface area contributed by atoms with Crippen LogP contribution in [0.2, 0.25) is 0 Å². The summed E-state index contributed by atoms with van der Waals surface area (Å²) >= 11 is 0. The summed E-state index contributed by atoms with van der Waals surface area (Å²) in [6.45, 7) is 3.55. The van der Waals surface area contributed by atoms with E-state index in [9.17, 15) is 9.59 Å². The molecule has 1 aromatic carbocycles. The third-order valence-electron chi connectivity index (χ3n) is 4.95. The minimum atomic E-state index is -0.328. The van der Waals surface area contributed by atoms with Crippen LogP contribution in [0.4, 0.5) is 0 Å². The Bertz CT molecular complexity index is 554. The number of amides is 1. The number of aldehydes is 1. The Kier molecular flexibility index (Phi) is 8.74. The lowest BCUT2D eigenvalue weighted by molar-refractivity contribution is -0.118. The molecule has 0 radical (unpaired) electrons. The number of benzene rings is 1. The number of ether oxygens (including phenoxy) is 1. The molecule has 1 atom stereocenters. The van der Waals surface area contributed by atoms with Gasteiger partial charge in [-0.15, -0.1) is 0 Å².